The Labute approximate surface area is 149 Å². The summed E-state index contributed by atoms with van der Waals surface area (Å²) in [5.41, 5.74) is 4.45. The van der Waals surface area contributed by atoms with Crippen molar-refractivity contribution in [3.8, 4) is 0 Å². The highest BCUT2D eigenvalue weighted by Gasteiger charge is 2.33. The average molecular weight is 341 g/mol. The SMILES string of the molecule is Cc1nn(C)c(C)c1CN(C(=O)CN(C)Cc1cccnc1)C1CC1. The van der Waals surface area contributed by atoms with E-state index >= 15 is 0 Å². The Kier molecular flexibility index (Phi) is 5.18. The number of aryl methyl sites for hydroxylation is 2. The van der Waals surface area contributed by atoms with Crippen molar-refractivity contribution >= 4 is 5.91 Å². The van der Waals surface area contributed by atoms with Crippen molar-refractivity contribution in [1.82, 2.24) is 24.6 Å². The Morgan fingerprint density at radius 3 is 2.64 bits per heavy atom. The van der Waals surface area contributed by atoms with E-state index in [1.807, 2.05) is 48.9 Å². The van der Waals surface area contributed by atoms with E-state index in [1.165, 1.54) is 5.56 Å². The molecule has 1 aliphatic rings. The first-order chi connectivity index (χ1) is 12.0. The molecule has 6 nitrogen and oxygen atoms in total. The minimum atomic E-state index is 0.191. The third kappa shape index (κ3) is 4.25. The summed E-state index contributed by atoms with van der Waals surface area (Å²) in [5, 5.41) is 4.48. The van der Waals surface area contributed by atoms with Gasteiger partial charge >= 0.3 is 0 Å². The van der Waals surface area contributed by atoms with Gasteiger partial charge in [0.2, 0.25) is 5.91 Å². The Morgan fingerprint density at radius 1 is 1.32 bits per heavy atom. The Bertz CT molecular complexity index is 736. The van der Waals surface area contributed by atoms with Crippen molar-refractivity contribution in [3.63, 3.8) is 0 Å². The molecule has 25 heavy (non-hydrogen) atoms. The van der Waals surface area contributed by atoms with E-state index in [2.05, 4.69) is 21.9 Å². The summed E-state index contributed by atoms with van der Waals surface area (Å²) in [6.45, 7) is 5.90. The van der Waals surface area contributed by atoms with Gasteiger partial charge in [-0.05, 0) is 45.4 Å². The van der Waals surface area contributed by atoms with E-state index in [0.29, 0.717) is 19.1 Å². The van der Waals surface area contributed by atoms with Crippen molar-refractivity contribution < 1.29 is 4.79 Å². The van der Waals surface area contributed by atoms with Crippen LogP contribution in [0.5, 0.6) is 0 Å². The number of carbonyl (C=O) groups is 1. The summed E-state index contributed by atoms with van der Waals surface area (Å²) in [4.78, 5) is 21.1. The topological polar surface area (TPSA) is 54.3 Å². The van der Waals surface area contributed by atoms with Gasteiger partial charge in [0, 0.05) is 49.8 Å². The van der Waals surface area contributed by atoms with Crippen LogP contribution in [0.1, 0.15) is 35.4 Å². The summed E-state index contributed by atoms with van der Waals surface area (Å²) in [5.74, 6) is 0.191. The van der Waals surface area contributed by atoms with Crippen LogP contribution in [0.25, 0.3) is 0 Å². The van der Waals surface area contributed by atoms with Gasteiger partial charge in [-0.2, -0.15) is 5.10 Å². The minimum Gasteiger partial charge on any atom is -0.334 e. The normalized spacial score (nSPS) is 14.1. The molecule has 1 saturated carbocycles. The molecule has 1 aliphatic carbocycles. The molecule has 0 aromatic carbocycles. The molecular weight excluding hydrogens is 314 g/mol. The van der Waals surface area contributed by atoms with Gasteiger partial charge in [0.25, 0.3) is 0 Å². The van der Waals surface area contributed by atoms with Gasteiger partial charge in [0.05, 0.1) is 12.2 Å². The first-order valence-electron chi connectivity index (χ1n) is 8.81. The van der Waals surface area contributed by atoms with E-state index in [1.54, 1.807) is 6.20 Å². The van der Waals surface area contributed by atoms with Crippen LogP contribution in [-0.4, -0.2) is 50.1 Å². The smallest absolute Gasteiger partial charge is 0.237 e. The van der Waals surface area contributed by atoms with Gasteiger partial charge in [-0.3, -0.25) is 19.4 Å². The van der Waals surface area contributed by atoms with Crippen molar-refractivity contribution in [2.45, 2.75) is 45.8 Å². The third-order valence-corrected chi connectivity index (χ3v) is 4.88. The predicted octanol–water partition coefficient (Wildman–Crippen LogP) is 2.05. The Balaban J connectivity index is 1.65. The molecule has 6 heteroatoms. The molecular formula is C19H27N5O. The van der Waals surface area contributed by atoms with Gasteiger partial charge < -0.3 is 4.90 Å². The zero-order valence-electron chi connectivity index (χ0n) is 15.6. The molecule has 0 aliphatic heterocycles. The highest BCUT2D eigenvalue weighted by Crippen LogP contribution is 2.29. The van der Waals surface area contributed by atoms with Crippen molar-refractivity contribution in [2.24, 2.45) is 7.05 Å². The fraction of sp³-hybridized carbons (Fsp3) is 0.526. The maximum Gasteiger partial charge on any atom is 0.237 e. The molecule has 2 aromatic rings. The van der Waals surface area contributed by atoms with Crippen LogP contribution >= 0.6 is 0 Å². The van der Waals surface area contributed by atoms with Gasteiger partial charge in [-0.1, -0.05) is 6.07 Å². The molecule has 3 rings (SSSR count). The summed E-state index contributed by atoms with van der Waals surface area (Å²) >= 11 is 0. The van der Waals surface area contributed by atoms with E-state index in [-0.39, 0.29) is 5.91 Å². The number of pyridine rings is 1. The first kappa shape index (κ1) is 17.6. The fourth-order valence-electron chi connectivity index (χ4n) is 3.20. The largest absolute Gasteiger partial charge is 0.334 e. The Hall–Kier alpha value is -2.21. The number of hydrogen-bond donors (Lipinski definition) is 0. The number of nitrogens with zero attached hydrogens (tertiary/aromatic N) is 5. The molecule has 1 fully saturated rings. The monoisotopic (exact) mass is 341 g/mol. The highest BCUT2D eigenvalue weighted by atomic mass is 16.2. The lowest BCUT2D eigenvalue weighted by atomic mass is 10.1. The summed E-state index contributed by atoms with van der Waals surface area (Å²) < 4.78 is 1.90. The molecule has 134 valence electrons. The second kappa shape index (κ2) is 7.35. The second-order valence-corrected chi connectivity index (χ2v) is 7.06. The fourth-order valence-corrected chi connectivity index (χ4v) is 3.20. The zero-order chi connectivity index (χ0) is 18.0. The minimum absolute atomic E-state index is 0.191. The van der Waals surface area contributed by atoms with Crippen LogP contribution in [0, 0.1) is 13.8 Å². The molecule has 0 saturated heterocycles. The summed E-state index contributed by atoms with van der Waals surface area (Å²) in [6, 6.07) is 4.35. The molecule has 2 aromatic heterocycles. The lowest BCUT2D eigenvalue weighted by molar-refractivity contribution is -0.133. The number of aromatic nitrogens is 3. The summed E-state index contributed by atoms with van der Waals surface area (Å²) in [7, 11) is 3.94. The van der Waals surface area contributed by atoms with Gasteiger partial charge in [0.15, 0.2) is 0 Å². The van der Waals surface area contributed by atoms with Crippen LogP contribution in [0.15, 0.2) is 24.5 Å². The summed E-state index contributed by atoms with van der Waals surface area (Å²) in [6.07, 6.45) is 5.83. The quantitative estimate of drug-likeness (QED) is 0.773. The van der Waals surface area contributed by atoms with Crippen LogP contribution in [-0.2, 0) is 24.9 Å². The average Bonchev–Trinajstić information content (AvgIpc) is 3.36. The molecule has 0 N–H and O–H groups in total. The maximum atomic E-state index is 12.9. The predicted molar refractivity (Wildman–Crippen MR) is 96.8 cm³/mol. The van der Waals surface area contributed by atoms with Gasteiger partial charge in [-0.15, -0.1) is 0 Å². The lowest BCUT2D eigenvalue weighted by Crippen LogP contribution is -2.40. The highest BCUT2D eigenvalue weighted by molar-refractivity contribution is 5.79. The molecule has 0 atom stereocenters. The molecule has 0 bridgehead atoms. The number of amides is 1. The number of carbonyl (C=O) groups excluding carboxylic acids is 1. The van der Waals surface area contributed by atoms with Crippen molar-refractivity contribution in [2.75, 3.05) is 13.6 Å². The van der Waals surface area contributed by atoms with E-state index < -0.39 is 0 Å². The molecule has 0 spiro atoms. The van der Waals surface area contributed by atoms with E-state index in [0.717, 1.165) is 36.3 Å². The third-order valence-electron chi connectivity index (χ3n) is 4.88. The Morgan fingerprint density at radius 2 is 2.08 bits per heavy atom. The molecule has 1 amide bonds. The molecule has 2 heterocycles. The van der Waals surface area contributed by atoms with Crippen LogP contribution < -0.4 is 0 Å². The van der Waals surface area contributed by atoms with Crippen molar-refractivity contribution in [1.29, 1.82) is 0 Å². The maximum absolute atomic E-state index is 12.9. The van der Waals surface area contributed by atoms with Crippen LogP contribution in [0.4, 0.5) is 0 Å². The van der Waals surface area contributed by atoms with Gasteiger partial charge in [-0.25, -0.2) is 0 Å². The van der Waals surface area contributed by atoms with Gasteiger partial charge in [0.1, 0.15) is 0 Å². The van der Waals surface area contributed by atoms with Crippen LogP contribution in [0.2, 0.25) is 0 Å². The number of hydrogen-bond acceptors (Lipinski definition) is 4. The zero-order valence-corrected chi connectivity index (χ0v) is 15.6. The molecule has 0 unspecified atom stereocenters. The van der Waals surface area contributed by atoms with Crippen molar-refractivity contribution in [3.05, 3.63) is 47.0 Å². The first-order valence-corrected chi connectivity index (χ1v) is 8.81. The van der Waals surface area contributed by atoms with E-state index in [4.69, 9.17) is 0 Å². The molecule has 0 radical (unpaired) electrons. The number of rotatable bonds is 7. The second-order valence-electron chi connectivity index (χ2n) is 7.06. The lowest BCUT2D eigenvalue weighted by Gasteiger charge is -2.26. The number of likely N-dealkylation sites (N-methyl/N-ethyl adjacent to an activating group) is 1. The van der Waals surface area contributed by atoms with E-state index in [9.17, 15) is 4.79 Å². The van der Waals surface area contributed by atoms with Crippen LogP contribution in [0.3, 0.4) is 0 Å². The standard InChI is InChI=1S/C19H27N5O/c1-14-18(15(2)23(4)21-14)12-24(17-7-8-17)19(25)13-22(3)11-16-6-5-9-20-10-16/h5-6,9-10,17H,7-8,11-13H2,1-4H3.